The SMILES string of the molecule is CC(C)=CC(C)=C[P+](C)(C)C. The van der Waals surface area contributed by atoms with Gasteiger partial charge in [0.1, 0.15) is 0 Å². The second-order valence-corrected chi connectivity index (χ2v) is 8.70. The van der Waals surface area contributed by atoms with E-state index in [2.05, 4.69) is 52.7 Å². The predicted octanol–water partition coefficient (Wildman–Crippen LogP) is 3.76. The van der Waals surface area contributed by atoms with Gasteiger partial charge in [0.2, 0.25) is 0 Å². The third kappa shape index (κ3) is 7.81. The number of hydrogen-bond acceptors (Lipinski definition) is 0. The van der Waals surface area contributed by atoms with Crippen LogP contribution in [-0.2, 0) is 0 Å². The molecule has 0 rings (SSSR count). The van der Waals surface area contributed by atoms with Gasteiger partial charge < -0.3 is 0 Å². The first-order chi connectivity index (χ1) is 4.81. The Kier molecular flexibility index (Phi) is 4.03. The maximum absolute atomic E-state index is 2.40. The maximum atomic E-state index is 2.40. The molecule has 0 saturated carbocycles. The fourth-order valence-corrected chi connectivity index (χ4v) is 2.40. The van der Waals surface area contributed by atoms with Crippen molar-refractivity contribution in [3.8, 4) is 0 Å². The lowest BCUT2D eigenvalue weighted by Gasteiger charge is -2.05. The van der Waals surface area contributed by atoms with E-state index < -0.39 is 7.26 Å². The van der Waals surface area contributed by atoms with E-state index in [-0.39, 0.29) is 0 Å². The van der Waals surface area contributed by atoms with Gasteiger partial charge in [-0.15, -0.1) is 0 Å². The van der Waals surface area contributed by atoms with Crippen LogP contribution in [0.2, 0.25) is 0 Å². The zero-order valence-electron chi connectivity index (χ0n) is 8.60. The van der Waals surface area contributed by atoms with Crippen LogP contribution >= 0.6 is 7.26 Å². The van der Waals surface area contributed by atoms with Gasteiger partial charge in [-0.05, 0) is 26.3 Å². The van der Waals surface area contributed by atoms with Gasteiger partial charge in [0.25, 0.3) is 0 Å². The molecule has 64 valence electrons. The first kappa shape index (κ1) is 10.9. The van der Waals surface area contributed by atoms with Crippen molar-refractivity contribution in [1.29, 1.82) is 0 Å². The third-order valence-corrected chi connectivity index (χ3v) is 2.29. The largest absolute Gasteiger partial charge is 0.0761 e. The van der Waals surface area contributed by atoms with Crippen LogP contribution in [0.5, 0.6) is 0 Å². The van der Waals surface area contributed by atoms with Crippen LogP contribution in [-0.4, -0.2) is 20.0 Å². The summed E-state index contributed by atoms with van der Waals surface area (Å²) in [6.07, 6.45) is 2.24. The smallest absolute Gasteiger partial charge is 0.0608 e. The van der Waals surface area contributed by atoms with Crippen LogP contribution < -0.4 is 0 Å². The van der Waals surface area contributed by atoms with Crippen molar-refractivity contribution < 1.29 is 0 Å². The van der Waals surface area contributed by atoms with Gasteiger partial charge >= 0.3 is 0 Å². The molecule has 0 N–H and O–H groups in total. The van der Waals surface area contributed by atoms with E-state index in [1.165, 1.54) is 11.1 Å². The summed E-state index contributed by atoms with van der Waals surface area (Å²) in [7, 11) is -0.735. The fraction of sp³-hybridized carbons (Fsp3) is 0.600. The van der Waals surface area contributed by atoms with E-state index in [0.29, 0.717) is 0 Å². The molecule has 0 bridgehead atoms. The van der Waals surface area contributed by atoms with E-state index in [0.717, 1.165) is 0 Å². The Morgan fingerprint density at radius 3 is 1.73 bits per heavy atom. The molecule has 0 saturated heterocycles. The molecule has 0 spiro atoms. The van der Waals surface area contributed by atoms with Crippen LogP contribution in [0.15, 0.2) is 23.0 Å². The molecule has 11 heavy (non-hydrogen) atoms. The Bertz CT molecular complexity index is 176. The molecular weight excluding hydrogens is 151 g/mol. The molecule has 0 aliphatic rings. The number of hydrogen-bond donors (Lipinski definition) is 0. The molecule has 1 heteroatoms. The highest BCUT2D eigenvalue weighted by molar-refractivity contribution is 7.76. The first-order valence-electron chi connectivity index (χ1n) is 3.97. The summed E-state index contributed by atoms with van der Waals surface area (Å²) in [5.74, 6) is 2.40. The highest BCUT2D eigenvalue weighted by Gasteiger charge is 2.12. The molecule has 0 aromatic heterocycles. The normalized spacial score (nSPS) is 13.1. The summed E-state index contributed by atoms with van der Waals surface area (Å²) in [4.78, 5) is 0. The molecule has 0 fully saturated rings. The van der Waals surface area contributed by atoms with Crippen LogP contribution in [0.1, 0.15) is 20.8 Å². The molecule has 0 aliphatic heterocycles. The zero-order chi connectivity index (χ0) is 9.07. The average molecular weight is 171 g/mol. The minimum Gasteiger partial charge on any atom is -0.0761 e. The Balaban J connectivity index is 4.36. The van der Waals surface area contributed by atoms with Crippen LogP contribution in [0.4, 0.5) is 0 Å². The minimum absolute atomic E-state index is 0.735. The molecular formula is C10H20P+. The molecule has 0 atom stereocenters. The zero-order valence-corrected chi connectivity index (χ0v) is 9.50. The summed E-state index contributed by atoms with van der Waals surface area (Å²) in [6, 6.07) is 0. The molecule has 0 amide bonds. The summed E-state index contributed by atoms with van der Waals surface area (Å²) in [6.45, 7) is 13.4. The van der Waals surface area contributed by atoms with Gasteiger partial charge in [-0.1, -0.05) is 11.6 Å². The number of rotatable bonds is 2. The van der Waals surface area contributed by atoms with Crippen molar-refractivity contribution in [2.24, 2.45) is 0 Å². The van der Waals surface area contributed by atoms with Crippen molar-refractivity contribution in [3.63, 3.8) is 0 Å². The molecule has 0 nitrogen and oxygen atoms in total. The van der Waals surface area contributed by atoms with Crippen LogP contribution in [0.25, 0.3) is 0 Å². The van der Waals surface area contributed by atoms with Crippen LogP contribution in [0.3, 0.4) is 0 Å². The maximum Gasteiger partial charge on any atom is 0.0608 e. The quantitative estimate of drug-likeness (QED) is 0.438. The van der Waals surface area contributed by atoms with Crippen LogP contribution in [0, 0.1) is 0 Å². The first-order valence-corrected chi connectivity index (χ1v) is 7.17. The van der Waals surface area contributed by atoms with Crippen molar-refractivity contribution in [3.05, 3.63) is 23.0 Å². The number of allylic oxidation sites excluding steroid dienone is 3. The van der Waals surface area contributed by atoms with Crippen molar-refractivity contribution in [1.82, 2.24) is 0 Å². The highest BCUT2D eigenvalue weighted by Crippen LogP contribution is 2.49. The minimum atomic E-state index is -0.735. The second-order valence-electron chi connectivity index (χ2n) is 4.21. The lowest BCUT2D eigenvalue weighted by Crippen LogP contribution is -1.80. The molecule has 0 heterocycles. The topological polar surface area (TPSA) is 0 Å². The second kappa shape index (κ2) is 4.07. The van der Waals surface area contributed by atoms with Crippen molar-refractivity contribution in [2.45, 2.75) is 20.8 Å². The Hall–Kier alpha value is -0.0900. The molecule has 0 aliphatic carbocycles. The van der Waals surface area contributed by atoms with Gasteiger partial charge in [0.05, 0.1) is 25.8 Å². The Labute approximate surface area is 71.7 Å². The standard InChI is InChI=1S/C10H20P/c1-9(2)7-10(3)8-11(4,5)6/h7-8H,1-6H3/q+1. The van der Waals surface area contributed by atoms with Crippen molar-refractivity contribution >= 4 is 7.26 Å². The molecule has 0 radical (unpaired) electrons. The van der Waals surface area contributed by atoms with E-state index in [4.69, 9.17) is 0 Å². The predicted molar refractivity (Wildman–Crippen MR) is 57.9 cm³/mol. The fourth-order valence-electron chi connectivity index (χ4n) is 1.10. The Morgan fingerprint density at radius 2 is 1.45 bits per heavy atom. The molecule has 0 aromatic rings. The summed E-state index contributed by atoms with van der Waals surface area (Å²) >= 11 is 0. The average Bonchev–Trinajstić information content (AvgIpc) is 1.53. The monoisotopic (exact) mass is 171 g/mol. The lowest BCUT2D eigenvalue weighted by molar-refractivity contribution is 1.35. The summed E-state index contributed by atoms with van der Waals surface area (Å²) in [5.41, 5.74) is 2.79. The summed E-state index contributed by atoms with van der Waals surface area (Å²) in [5, 5.41) is 0. The Morgan fingerprint density at radius 1 is 1.00 bits per heavy atom. The van der Waals surface area contributed by atoms with Gasteiger partial charge in [-0.25, -0.2) is 0 Å². The van der Waals surface area contributed by atoms with E-state index >= 15 is 0 Å². The third-order valence-electron chi connectivity index (χ3n) is 1.11. The van der Waals surface area contributed by atoms with E-state index in [1.54, 1.807) is 0 Å². The molecule has 0 aromatic carbocycles. The highest BCUT2D eigenvalue weighted by atomic mass is 31.2. The van der Waals surface area contributed by atoms with Gasteiger partial charge in [-0.3, -0.25) is 0 Å². The van der Waals surface area contributed by atoms with E-state index in [9.17, 15) is 0 Å². The van der Waals surface area contributed by atoms with Crippen molar-refractivity contribution in [2.75, 3.05) is 20.0 Å². The van der Waals surface area contributed by atoms with Gasteiger partial charge in [0.15, 0.2) is 0 Å². The summed E-state index contributed by atoms with van der Waals surface area (Å²) < 4.78 is 0. The lowest BCUT2D eigenvalue weighted by atomic mass is 10.2. The van der Waals surface area contributed by atoms with Gasteiger partial charge in [-0.2, -0.15) is 0 Å². The molecule has 0 unspecified atom stereocenters. The van der Waals surface area contributed by atoms with E-state index in [1.807, 2.05) is 0 Å². The van der Waals surface area contributed by atoms with Gasteiger partial charge in [0, 0.05) is 7.26 Å².